The van der Waals surface area contributed by atoms with E-state index in [4.69, 9.17) is 18.0 Å². The molecule has 4 nitrogen and oxygen atoms in total. The van der Waals surface area contributed by atoms with Gasteiger partial charge in [-0.15, -0.1) is 0 Å². The van der Waals surface area contributed by atoms with Crippen LogP contribution < -0.4 is 11.1 Å². The Bertz CT molecular complexity index is 484. The van der Waals surface area contributed by atoms with Gasteiger partial charge in [0.25, 0.3) is 0 Å². The molecule has 1 fully saturated rings. The van der Waals surface area contributed by atoms with Crippen molar-refractivity contribution < 1.29 is 0 Å². The topological polar surface area (TPSA) is 53.6 Å². The van der Waals surface area contributed by atoms with Crippen LogP contribution in [0.3, 0.4) is 0 Å². The first-order valence-corrected chi connectivity index (χ1v) is 6.95. The Morgan fingerprint density at radius 1 is 1.26 bits per heavy atom. The molecule has 0 amide bonds. The molecule has 1 aliphatic heterocycles. The zero-order valence-corrected chi connectivity index (χ0v) is 12.3. The quantitative estimate of drug-likeness (QED) is 0.470. The highest BCUT2D eigenvalue weighted by molar-refractivity contribution is 7.80. The molecule has 2 rings (SSSR count). The number of benzene rings is 1. The summed E-state index contributed by atoms with van der Waals surface area (Å²) in [5, 5.41) is 3.59. The molecule has 0 aromatic heterocycles. The van der Waals surface area contributed by atoms with Crippen molar-refractivity contribution >= 4 is 29.0 Å². The number of rotatable bonds is 1. The van der Waals surface area contributed by atoms with E-state index in [9.17, 15) is 0 Å². The lowest BCUT2D eigenvalue weighted by Gasteiger charge is -2.17. The van der Waals surface area contributed by atoms with Crippen LogP contribution in [-0.4, -0.2) is 29.1 Å². The van der Waals surface area contributed by atoms with Gasteiger partial charge in [-0.05, 0) is 50.0 Å². The van der Waals surface area contributed by atoms with Crippen molar-refractivity contribution in [2.24, 2.45) is 10.7 Å². The number of hydrogen-bond acceptors (Lipinski definition) is 1. The van der Waals surface area contributed by atoms with E-state index >= 15 is 0 Å². The lowest BCUT2D eigenvalue weighted by Crippen LogP contribution is -2.36. The van der Waals surface area contributed by atoms with Gasteiger partial charge in [0.1, 0.15) is 0 Å². The predicted octanol–water partition coefficient (Wildman–Crippen LogP) is 2.41. The Morgan fingerprint density at radius 2 is 1.84 bits per heavy atom. The molecule has 0 saturated carbocycles. The SMILES string of the molecule is Cc1cccc(C)c1NC(=S)N=C(N)N1CCCC1. The van der Waals surface area contributed by atoms with E-state index in [-0.39, 0.29) is 0 Å². The van der Waals surface area contributed by atoms with Crippen LogP contribution in [0.4, 0.5) is 5.69 Å². The highest BCUT2D eigenvalue weighted by Gasteiger charge is 2.14. The number of aliphatic imine (C=N–C) groups is 1. The molecule has 19 heavy (non-hydrogen) atoms. The smallest absolute Gasteiger partial charge is 0.200 e. The predicted molar refractivity (Wildman–Crippen MR) is 84.6 cm³/mol. The first-order valence-electron chi connectivity index (χ1n) is 6.54. The van der Waals surface area contributed by atoms with Gasteiger partial charge in [-0.3, -0.25) is 0 Å². The summed E-state index contributed by atoms with van der Waals surface area (Å²) >= 11 is 5.26. The summed E-state index contributed by atoms with van der Waals surface area (Å²) in [6.07, 6.45) is 2.35. The van der Waals surface area contributed by atoms with E-state index in [1.54, 1.807) is 0 Å². The van der Waals surface area contributed by atoms with Gasteiger partial charge in [0.15, 0.2) is 5.96 Å². The highest BCUT2D eigenvalue weighted by Crippen LogP contribution is 2.19. The van der Waals surface area contributed by atoms with E-state index in [0.717, 1.165) is 29.9 Å². The van der Waals surface area contributed by atoms with Crippen molar-refractivity contribution in [1.29, 1.82) is 0 Å². The Labute approximate surface area is 119 Å². The lowest BCUT2D eigenvalue weighted by atomic mass is 10.1. The van der Waals surface area contributed by atoms with E-state index in [1.165, 1.54) is 12.8 Å². The fourth-order valence-electron chi connectivity index (χ4n) is 2.27. The second-order valence-corrected chi connectivity index (χ2v) is 5.25. The van der Waals surface area contributed by atoms with Crippen LogP contribution >= 0.6 is 12.2 Å². The molecule has 1 saturated heterocycles. The fraction of sp³-hybridized carbons (Fsp3) is 0.429. The fourth-order valence-corrected chi connectivity index (χ4v) is 2.46. The van der Waals surface area contributed by atoms with Crippen LogP contribution in [0, 0.1) is 13.8 Å². The number of thiocarbonyl (C=S) groups is 1. The maximum absolute atomic E-state index is 5.96. The summed E-state index contributed by atoms with van der Waals surface area (Å²) in [6.45, 7) is 6.04. The number of guanidine groups is 1. The summed E-state index contributed by atoms with van der Waals surface area (Å²) in [5.74, 6) is 0.515. The van der Waals surface area contributed by atoms with E-state index in [1.807, 2.05) is 32.0 Å². The molecule has 1 heterocycles. The zero-order valence-electron chi connectivity index (χ0n) is 11.4. The molecule has 0 unspecified atom stereocenters. The first kappa shape index (κ1) is 13.8. The number of nitrogens with one attached hydrogen (secondary N) is 1. The second-order valence-electron chi connectivity index (χ2n) is 4.86. The van der Waals surface area contributed by atoms with Crippen molar-refractivity contribution in [1.82, 2.24) is 4.90 Å². The molecule has 0 bridgehead atoms. The van der Waals surface area contributed by atoms with Gasteiger partial charge in [-0.25, -0.2) is 0 Å². The van der Waals surface area contributed by atoms with Crippen molar-refractivity contribution in [3.05, 3.63) is 29.3 Å². The summed E-state index contributed by atoms with van der Waals surface area (Å²) < 4.78 is 0. The molecule has 0 radical (unpaired) electrons. The molecule has 0 atom stereocenters. The van der Waals surface area contributed by atoms with Gasteiger partial charge < -0.3 is 16.0 Å². The van der Waals surface area contributed by atoms with Crippen LogP contribution in [0.1, 0.15) is 24.0 Å². The summed E-state index contributed by atoms with van der Waals surface area (Å²) in [4.78, 5) is 6.35. The molecule has 1 aromatic carbocycles. The Hall–Kier alpha value is -1.62. The lowest BCUT2D eigenvalue weighted by molar-refractivity contribution is 0.514. The third-order valence-electron chi connectivity index (χ3n) is 3.36. The number of hydrogen-bond donors (Lipinski definition) is 2. The Kier molecular flexibility index (Phi) is 4.37. The minimum Gasteiger partial charge on any atom is -0.369 e. The molecule has 0 spiro atoms. The minimum atomic E-state index is 0.418. The van der Waals surface area contributed by atoms with Crippen molar-refractivity contribution in [3.8, 4) is 0 Å². The summed E-state index contributed by atoms with van der Waals surface area (Å²) in [5.41, 5.74) is 9.28. The van der Waals surface area contributed by atoms with Crippen LogP contribution in [0.15, 0.2) is 23.2 Å². The zero-order chi connectivity index (χ0) is 13.8. The molecule has 102 valence electrons. The summed E-state index contributed by atoms with van der Waals surface area (Å²) in [6, 6.07) is 6.12. The van der Waals surface area contributed by atoms with Crippen molar-refractivity contribution in [2.75, 3.05) is 18.4 Å². The van der Waals surface area contributed by atoms with Gasteiger partial charge in [0, 0.05) is 18.8 Å². The highest BCUT2D eigenvalue weighted by atomic mass is 32.1. The molecule has 1 aliphatic rings. The van der Waals surface area contributed by atoms with Gasteiger partial charge in [0.2, 0.25) is 5.11 Å². The number of anilines is 1. The molecular weight excluding hydrogens is 256 g/mol. The van der Waals surface area contributed by atoms with E-state index in [2.05, 4.69) is 15.2 Å². The van der Waals surface area contributed by atoms with Crippen LogP contribution in [0.2, 0.25) is 0 Å². The number of aryl methyl sites for hydroxylation is 2. The van der Waals surface area contributed by atoms with Gasteiger partial charge in [-0.1, -0.05) is 18.2 Å². The van der Waals surface area contributed by atoms with Gasteiger partial charge in [0.05, 0.1) is 0 Å². The second kappa shape index (κ2) is 6.02. The molecule has 5 heteroatoms. The van der Waals surface area contributed by atoms with Crippen molar-refractivity contribution in [2.45, 2.75) is 26.7 Å². The maximum Gasteiger partial charge on any atom is 0.200 e. The first-order chi connectivity index (χ1) is 9.08. The van der Waals surface area contributed by atoms with Gasteiger partial charge in [-0.2, -0.15) is 4.99 Å². The van der Waals surface area contributed by atoms with Crippen LogP contribution in [-0.2, 0) is 0 Å². The monoisotopic (exact) mass is 276 g/mol. The van der Waals surface area contributed by atoms with Crippen LogP contribution in [0.5, 0.6) is 0 Å². The number of nitrogens with two attached hydrogens (primary N) is 1. The average molecular weight is 276 g/mol. The normalized spacial score (nSPS) is 15.7. The average Bonchev–Trinajstić information content (AvgIpc) is 2.88. The number of likely N-dealkylation sites (tertiary alicyclic amines) is 1. The standard InChI is InChI=1S/C14H20N4S/c1-10-6-5-7-11(2)12(10)16-14(19)17-13(15)18-8-3-4-9-18/h5-7H,3-4,8-9H2,1-2H3,(H3,15,16,17,19). The maximum atomic E-state index is 5.96. The van der Waals surface area contributed by atoms with E-state index in [0.29, 0.717) is 11.1 Å². The third-order valence-corrected chi connectivity index (χ3v) is 3.55. The van der Waals surface area contributed by atoms with E-state index < -0.39 is 0 Å². The van der Waals surface area contributed by atoms with Crippen LogP contribution in [0.25, 0.3) is 0 Å². The minimum absolute atomic E-state index is 0.418. The van der Waals surface area contributed by atoms with Gasteiger partial charge >= 0.3 is 0 Å². The number of nitrogens with zero attached hydrogens (tertiary/aromatic N) is 2. The third kappa shape index (κ3) is 3.44. The summed E-state index contributed by atoms with van der Waals surface area (Å²) in [7, 11) is 0. The molecule has 1 aromatic rings. The Balaban J connectivity index is 2.06. The molecular formula is C14H20N4S. The van der Waals surface area contributed by atoms with Crippen molar-refractivity contribution in [3.63, 3.8) is 0 Å². The Morgan fingerprint density at radius 3 is 2.42 bits per heavy atom. The molecule has 3 N–H and O–H groups in total. The largest absolute Gasteiger partial charge is 0.369 e. The molecule has 0 aliphatic carbocycles. The number of para-hydroxylation sites is 1.